The molecular formula is C19H21F3N6O2. The summed E-state index contributed by atoms with van der Waals surface area (Å²) in [6, 6.07) is -0.819. The van der Waals surface area contributed by atoms with E-state index in [0.717, 1.165) is 12.8 Å². The van der Waals surface area contributed by atoms with Crippen molar-refractivity contribution in [2.75, 3.05) is 18.4 Å². The maximum absolute atomic E-state index is 12.7. The Balaban J connectivity index is 1.41. The summed E-state index contributed by atoms with van der Waals surface area (Å²) in [6.45, 7) is 4.68. The molecule has 2 aliphatic rings. The molecule has 8 nitrogen and oxygen atoms in total. The van der Waals surface area contributed by atoms with Crippen LogP contribution in [0.3, 0.4) is 0 Å². The lowest BCUT2D eigenvalue weighted by Gasteiger charge is -2.31. The SMILES string of the molecule is C=CC(=O)N1CCC(Nc2cnc3[nH]cc(C(=O)NC4C[C@H]4C(F)(F)F)c3n2)CC1. The monoisotopic (exact) mass is 422 g/mol. The van der Waals surface area contributed by atoms with Crippen molar-refractivity contribution in [2.45, 2.75) is 37.5 Å². The van der Waals surface area contributed by atoms with Crippen LogP contribution in [0.5, 0.6) is 0 Å². The minimum Gasteiger partial charge on any atom is -0.366 e. The van der Waals surface area contributed by atoms with Crippen molar-refractivity contribution in [3.8, 4) is 0 Å². The van der Waals surface area contributed by atoms with E-state index < -0.39 is 24.0 Å². The van der Waals surface area contributed by atoms with Crippen LogP contribution in [0.25, 0.3) is 11.2 Å². The van der Waals surface area contributed by atoms with Crippen LogP contribution in [0.4, 0.5) is 19.0 Å². The molecule has 0 radical (unpaired) electrons. The van der Waals surface area contributed by atoms with Crippen molar-refractivity contribution in [1.82, 2.24) is 25.2 Å². The van der Waals surface area contributed by atoms with E-state index in [2.05, 4.69) is 32.2 Å². The second-order valence-electron chi connectivity index (χ2n) is 7.57. The van der Waals surface area contributed by atoms with Crippen LogP contribution in [0.15, 0.2) is 25.0 Å². The Kier molecular flexibility index (Phi) is 5.12. The van der Waals surface area contributed by atoms with Crippen LogP contribution in [0, 0.1) is 5.92 Å². The van der Waals surface area contributed by atoms with Gasteiger partial charge in [-0.1, -0.05) is 6.58 Å². The third-order valence-electron chi connectivity index (χ3n) is 5.49. The number of aromatic amines is 1. The smallest absolute Gasteiger partial charge is 0.366 e. The van der Waals surface area contributed by atoms with Gasteiger partial charge in [0, 0.05) is 31.4 Å². The second-order valence-corrected chi connectivity index (χ2v) is 7.57. The van der Waals surface area contributed by atoms with Gasteiger partial charge in [-0.2, -0.15) is 13.2 Å². The maximum atomic E-state index is 12.7. The highest BCUT2D eigenvalue weighted by Gasteiger charge is 2.56. The molecule has 0 aromatic carbocycles. The average Bonchev–Trinajstić information content (AvgIpc) is 3.37. The Morgan fingerprint density at radius 3 is 2.67 bits per heavy atom. The number of nitrogens with one attached hydrogen (secondary N) is 3. The van der Waals surface area contributed by atoms with E-state index in [4.69, 9.17) is 0 Å². The lowest BCUT2D eigenvalue weighted by molar-refractivity contribution is -0.148. The quantitative estimate of drug-likeness (QED) is 0.642. The second kappa shape index (κ2) is 7.62. The number of nitrogens with zero attached hydrogens (tertiary/aromatic N) is 3. The first-order valence-corrected chi connectivity index (χ1v) is 9.66. The molecule has 30 heavy (non-hydrogen) atoms. The molecule has 0 spiro atoms. The van der Waals surface area contributed by atoms with Gasteiger partial charge in [0.2, 0.25) is 5.91 Å². The third kappa shape index (κ3) is 4.10. The molecule has 160 valence electrons. The summed E-state index contributed by atoms with van der Waals surface area (Å²) in [7, 11) is 0. The van der Waals surface area contributed by atoms with Crippen molar-refractivity contribution in [3.63, 3.8) is 0 Å². The van der Waals surface area contributed by atoms with Gasteiger partial charge in [0.25, 0.3) is 5.91 Å². The molecule has 3 N–H and O–H groups in total. The Morgan fingerprint density at radius 1 is 1.30 bits per heavy atom. The van der Waals surface area contributed by atoms with Gasteiger partial charge in [0.1, 0.15) is 11.3 Å². The van der Waals surface area contributed by atoms with Crippen LogP contribution >= 0.6 is 0 Å². The number of hydrogen-bond donors (Lipinski definition) is 3. The highest BCUT2D eigenvalue weighted by atomic mass is 19.4. The molecule has 2 aromatic rings. The Hall–Kier alpha value is -3.11. The molecule has 2 atom stereocenters. The van der Waals surface area contributed by atoms with Gasteiger partial charge >= 0.3 is 6.18 Å². The fourth-order valence-corrected chi connectivity index (χ4v) is 3.68. The average molecular weight is 422 g/mol. The Labute approximate surface area is 169 Å². The van der Waals surface area contributed by atoms with E-state index >= 15 is 0 Å². The van der Waals surface area contributed by atoms with Crippen molar-refractivity contribution < 1.29 is 22.8 Å². The van der Waals surface area contributed by atoms with E-state index in [1.807, 2.05) is 0 Å². The van der Waals surface area contributed by atoms with Gasteiger partial charge in [-0.15, -0.1) is 0 Å². The predicted molar refractivity (Wildman–Crippen MR) is 103 cm³/mol. The van der Waals surface area contributed by atoms with E-state index in [1.165, 1.54) is 18.5 Å². The number of fused-ring (bicyclic) bond motifs is 1. The fourth-order valence-electron chi connectivity index (χ4n) is 3.68. The van der Waals surface area contributed by atoms with Crippen molar-refractivity contribution in [1.29, 1.82) is 0 Å². The third-order valence-corrected chi connectivity index (χ3v) is 5.49. The lowest BCUT2D eigenvalue weighted by atomic mass is 10.1. The summed E-state index contributed by atoms with van der Waals surface area (Å²) in [5.74, 6) is -1.74. The number of carbonyl (C=O) groups excluding carboxylic acids is 2. The van der Waals surface area contributed by atoms with Crippen LogP contribution in [0.2, 0.25) is 0 Å². The summed E-state index contributed by atoms with van der Waals surface area (Å²) in [5.41, 5.74) is 0.821. The molecule has 2 aromatic heterocycles. The predicted octanol–water partition coefficient (Wildman–Crippen LogP) is 2.23. The molecular weight excluding hydrogens is 401 g/mol. The number of H-pyrrole nitrogens is 1. The van der Waals surface area contributed by atoms with Crippen LogP contribution < -0.4 is 10.6 Å². The van der Waals surface area contributed by atoms with E-state index in [-0.39, 0.29) is 23.9 Å². The van der Waals surface area contributed by atoms with E-state index in [1.54, 1.807) is 4.90 Å². The van der Waals surface area contributed by atoms with Gasteiger partial charge in [-0.05, 0) is 25.3 Å². The minimum atomic E-state index is -4.30. The van der Waals surface area contributed by atoms with Crippen molar-refractivity contribution in [2.24, 2.45) is 5.92 Å². The fraction of sp³-hybridized carbons (Fsp3) is 0.474. The Bertz CT molecular complexity index is 980. The number of rotatable bonds is 5. The first-order chi connectivity index (χ1) is 14.3. The number of halogens is 3. The number of hydrogen-bond acceptors (Lipinski definition) is 5. The standard InChI is InChI=1S/C19H21F3N6O2/c1-2-15(29)28-5-3-10(4-6-28)25-14-9-24-17-16(27-14)11(8-23-17)18(30)26-13-7-12(13)19(20,21)22/h2,8-10,12-13H,1,3-7H2,(H,23,24)(H,25,27)(H,26,30)/t12-,13?/m1/s1. The van der Waals surface area contributed by atoms with Gasteiger partial charge in [0.05, 0.1) is 17.7 Å². The largest absolute Gasteiger partial charge is 0.393 e. The summed E-state index contributed by atoms with van der Waals surface area (Å²) in [6.07, 6.45) is 1.26. The summed E-state index contributed by atoms with van der Waals surface area (Å²) >= 11 is 0. The molecule has 0 bridgehead atoms. The maximum Gasteiger partial charge on any atom is 0.393 e. The van der Waals surface area contributed by atoms with Gasteiger partial charge in [-0.25, -0.2) is 9.97 Å². The molecule has 2 amide bonds. The van der Waals surface area contributed by atoms with Gasteiger partial charge in [-0.3, -0.25) is 9.59 Å². The topological polar surface area (TPSA) is 103 Å². The highest BCUT2D eigenvalue weighted by molar-refractivity contribution is 6.04. The number of carbonyl (C=O) groups is 2. The summed E-state index contributed by atoms with van der Waals surface area (Å²) in [5, 5.41) is 5.67. The molecule has 3 heterocycles. The number of piperidine rings is 1. The normalized spacial score (nSPS) is 22.0. The lowest BCUT2D eigenvalue weighted by Crippen LogP contribution is -2.41. The van der Waals surface area contributed by atoms with Gasteiger partial charge in [0.15, 0.2) is 5.65 Å². The zero-order valence-electron chi connectivity index (χ0n) is 16.0. The highest BCUT2D eigenvalue weighted by Crippen LogP contribution is 2.44. The molecule has 1 saturated carbocycles. The Morgan fingerprint density at radius 2 is 2.03 bits per heavy atom. The number of alkyl halides is 3. The zero-order chi connectivity index (χ0) is 21.5. The molecule has 11 heteroatoms. The van der Waals surface area contributed by atoms with Crippen molar-refractivity contribution >= 4 is 28.8 Å². The number of amides is 2. The first-order valence-electron chi connectivity index (χ1n) is 9.66. The molecule has 2 fully saturated rings. The van der Waals surface area contributed by atoms with Gasteiger partial charge < -0.3 is 20.5 Å². The van der Waals surface area contributed by atoms with Crippen LogP contribution in [-0.4, -0.2) is 63.0 Å². The summed E-state index contributed by atoms with van der Waals surface area (Å²) in [4.78, 5) is 37.3. The number of likely N-dealkylation sites (tertiary alicyclic amines) is 1. The zero-order valence-corrected chi connectivity index (χ0v) is 16.0. The van der Waals surface area contributed by atoms with E-state index in [0.29, 0.717) is 30.1 Å². The van der Waals surface area contributed by atoms with Crippen molar-refractivity contribution in [3.05, 3.63) is 30.6 Å². The molecule has 1 unspecified atom stereocenters. The molecule has 1 aliphatic heterocycles. The molecule has 1 aliphatic carbocycles. The minimum absolute atomic E-state index is 0.0841. The number of anilines is 1. The number of aromatic nitrogens is 3. The van der Waals surface area contributed by atoms with Crippen LogP contribution in [0.1, 0.15) is 29.6 Å². The van der Waals surface area contributed by atoms with Crippen LogP contribution in [-0.2, 0) is 4.79 Å². The molecule has 1 saturated heterocycles. The first kappa shape index (κ1) is 20.2. The summed E-state index contributed by atoms with van der Waals surface area (Å²) < 4.78 is 38.1. The molecule has 4 rings (SSSR count). The van der Waals surface area contributed by atoms with E-state index in [9.17, 15) is 22.8 Å².